The first-order valence-electron chi connectivity index (χ1n) is 6.76. The van der Waals surface area contributed by atoms with Gasteiger partial charge in [0.2, 0.25) is 0 Å². The second-order valence-electron chi connectivity index (χ2n) is 4.85. The van der Waals surface area contributed by atoms with Gasteiger partial charge in [-0.3, -0.25) is 0 Å². The van der Waals surface area contributed by atoms with E-state index in [4.69, 9.17) is 9.47 Å². The maximum Gasteiger partial charge on any atom is 0.161 e. The van der Waals surface area contributed by atoms with E-state index in [-0.39, 0.29) is 0 Å². The minimum atomic E-state index is 0.785. The lowest BCUT2D eigenvalue weighted by molar-refractivity contribution is 0.353. The maximum absolute atomic E-state index is 5.37. The average molecular weight is 298 g/mol. The summed E-state index contributed by atoms with van der Waals surface area (Å²) in [5, 5.41) is 3.48. The van der Waals surface area contributed by atoms with Crippen molar-refractivity contribution in [3.8, 4) is 11.5 Å². The Hall–Kier alpha value is -0.910. The summed E-state index contributed by atoms with van der Waals surface area (Å²) in [4.78, 5) is 3.42. The normalized spacial score (nSPS) is 10.9. The van der Waals surface area contributed by atoms with E-state index in [1.807, 2.05) is 6.07 Å². The van der Waals surface area contributed by atoms with E-state index in [0.29, 0.717) is 0 Å². The van der Waals surface area contributed by atoms with Crippen molar-refractivity contribution in [1.29, 1.82) is 0 Å². The molecule has 0 bridgehead atoms. The molecular weight excluding hydrogens is 272 g/mol. The van der Waals surface area contributed by atoms with Gasteiger partial charge in [0.05, 0.1) is 14.2 Å². The van der Waals surface area contributed by atoms with Gasteiger partial charge in [-0.25, -0.2) is 0 Å². The van der Waals surface area contributed by atoms with Gasteiger partial charge in [0.15, 0.2) is 11.5 Å². The molecule has 0 amide bonds. The number of rotatable bonds is 9. The summed E-state index contributed by atoms with van der Waals surface area (Å²) in [7, 11) is 7.53. The van der Waals surface area contributed by atoms with Gasteiger partial charge in [-0.15, -0.1) is 11.8 Å². The predicted molar refractivity (Wildman–Crippen MR) is 86.2 cm³/mol. The first-order chi connectivity index (χ1) is 9.62. The molecule has 1 aromatic carbocycles. The van der Waals surface area contributed by atoms with Crippen molar-refractivity contribution in [2.75, 3.05) is 47.7 Å². The smallest absolute Gasteiger partial charge is 0.161 e. The van der Waals surface area contributed by atoms with Crippen LogP contribution in [0.3, 0.4) is 0 Å². The highest BCUT2D eigenvalue weighted by molar-refractivity contribution is 7.98. The predicted octanol–water partition coefficient (Wildman–Crippen LogP) is 2.47. The molecule has 0 spiro atoms. The molecule has 0 fully saturated rings. The Morgan fingerprint density at radius 1 is 1.15 bits per heavy atom. The molecule has 0 aliphatic rings. The number of nitrogens with zero attached hydrogens (tertiary/aromatic N) is 1. The van der Waals surface area contributed by atoms with E-state index >= 15 is 0 Å². The van der Waals surface area contributed by atoms with E-state index in [1.54, 1.807) is 26.0 Å². The number of methoxy groups -OCH3 is 2. The summed E-state index contributed by atoms with van der Waals surface area (Å²) < 4.78 is 10.7. The number of ether oxygens (including phenoxy) is 2. The van der Waals surface area contributed by atoms with Gasteiger partial charge < -0.3 is 19.7 Å². The number of benzene rings is 1. The van der Waals surface area contributed by atoms with Crippen LogP contribution in [-0.4, -0.2) is 52.6 Å². The standard InChI is InChI=1S/C15H26N2O2S/c1-17(2)8-6-7-16-11-12-9-13(18-3)14(19-4)10-15(12)20-5/h9-10,16H,6-8,11H2,1-5H3. The fraction of sp³-hybridized carbons (Fsp3) is 0.600. The van der Waals surface area contributed by atoms with E-state index in [2.05, 4.69) is 36.6 Å². The molecule has 0 radical (unpaired) electrons. The summed E-state index contributed by atoms with van der Waals surface area (Å²) in [5.41, 5.74) is 1.25. The zero-order valence-electron chi connectivity index (χ0n) is 13.2. The van der Waals surface area contributed by atoms with Crippen LogP contribution in [0.2, 0.25) is 0 Å². The number of hydrogen-bond acceptors (Lipinski definition) is 5. The monoisotopic (exact) mass is 298 g/mol. The van der Waals surface area contributed by atoms with Crippen LogP contribution in [0.1, 0.15) is 12.0 Å². The lowest BCUT2D eigenvalue weighted by Gasteiger charge is -2.15. The zero-order valence-corrected chi connectivity index (χ0v) is 14.0. The summed E-state index contributed by atoms with van der Waals surface area (Å²) in [5.74, 6) is 1.57. The van der Waals surface area contributed by atoms with Crippen LogP contribution >= 0.6 is 11.8 Å². The molecule has 0 aliphatic heterocycles. The van der Waals surface area contributed by atoms with Crippen molar-refractivity contribution in [2.45, 2.75) is 17.9 Å². The van der Waals surface area contributed by atoms with Gasteiger partial charge in [-0.2, -0.15) is 0 Å². The van der Waals surface area contributed by atoms with Crippen molar-refractivity contribution in [2.24, 2.45) is 0 Å². The van der Waals surface area contributed by atoms with E-state index in [0.717, 1.165) is 37.6 Å². The highest BCUT2D eigenvalue weighted by atomic mass is 32.2. The average Bonchev–Trinajstić information content (AvgIpc) is 2.45. The Kier molecular flexibility index (Phi) is 7.80. The SMILES string of the molecule is COc1cc(CNCCCN(C)C)c(SC)cc1OC. The molecule has 0 aromatic heterocycles. The minimum absolute atomic E-state index is 0.785. The molecule has 0 saturated carbocycles. The summed E-state index contributed by atoms with van der Waals surface area (Å²) in [6, 6.07) is 4.10. The third-order valence-electron chi connectivity index (χ3n) is 3.06. The Bertz CT molecular complexity index is 411. The largest absolute Gasteiger partial charge is 0.493 e. The van der Waals surface area contributed by atoms with Crippen LogP contribution < -0.4 is 14.8 Å². The van der Waals surface area contributed by atoms with Gasteiger partial charge in [-0.1, -0.05) is 0 Å². The highest BCUT2D eigenvalue weighted by Gasteiger charge is 2.10. The van der Waals surface area contributed by atoms with Gasteiger partial charge in [-0.05, 0) is 57.6 Å². The molecule has 1 N–H and O–H groups in total. The Balaban J connectivity index is 2.63. The fourth-order valence-electron chi connectivity index (χ4n) is 1.97. The van der Waals surface area contributed by atoms with Crippen molar-refractivity contribution in [3.63, 3.8) is 0 Å². The lowest BCUT2D eigenvalue weighted by atomic mass is 10.2. The van der Waals surface area contributed by atoms with Gasteiger partial charge in [0.25, 0.3) is 0 Å². The summed E-state index contributed by atoms with van der Waals surface area (Å²) in [6.45, 7) is 2.97. The Morgan fingerprint density at radius 3 is 2.35 bits per heavy atom. The van der Waals surface area contributed by atoms with E-state index < -0.39 is 0 Å². The molecular formula is C15H26N2O2S. The third kappa shape index (κ3) is 5.23. The molecule has 5 heteroatoms. The van der Waals surface area contributed by atoms with Crippen LogP contribution in [0.25, 0.3) is 0 Å². The molecule has 4 nitrogen and oxygen atoms in total. The Labute approximate surface area is 126 Å². The minimum Gasteiger partial charge on any atom is -0.493 e. The van der Waals surface area contributed by atoms with Crippen molar-refractivity contribution >= 4 is 11.8 Å². The number of thioether (sulfide) groups is 1. The molecule has 20 heavy (non-hydrogen) atoms. The summed E-state index contributed by atoms with van der Waals surface area (Å²) >= 11 is 1.73. The molecule has 0 heterocycles. The third-order valence-corrected chi connectivity index (χ3v) is 3.88. The van der Waals surface area contributed by atoms with Crippen molar-refractivity contribution < 1.29 is 9.47 Å². The van der Waals surface area contributed by atoms with Gasteiger partial charge >= 0.3 is 0 Å². The van der Waals surface area contributed by atoms with Crippen LogP contribution in [-0.2, 0) is 6.54 Å². The molecule has 0 aliphatic carbocycles. The Morgan fingerprint density at radius 2 is 1.80 bits per heavy atom. The second kappa shape index (κ2) is 9.10. The molecule has 0 unspecified atom stereocenters. The van der Waals surface area contributed by atoms with Crippen LogP contribution in [0.5, 0.6) is 11.5 Å². The quantitative estimate of drug-likeness (QED) is 0.559. The fourth-order valence-corrected chi connectivity index (χ4v) is 2.59. The van der Waals surface area contributed by atoms with Crippen LogP contribution in [0.4, 0.5) is 0 Å². The number of hydrogen-bond donors (Lipinski definition) is 1. The maximum atomic E-state index is 5.37. The summed E-state index contributed by atoms with van der Waals surface area (Å²) in [6.07, 6.45) is 3.23. The number of nitrogens with one attached hydrogen (secondary N) is 1. The topological polar surface area (TPSA) is 33.7 Å². The van der Waals surface area contributed by atoms with Crippen LogP contribution in [0.15, 0.2) is 17.0 Å². The first kappa shape index (κ1) is 17.1. The highest BCUT2D eigenvalue weighted by Crippen LogP contribution is 2.34. The van der Waals surface area contributed by atoms with Gasteiger partial charge in [0, 0.05) is 11.4 Å². The molecule has 114 valence electrons. The second-order valence-corrected chi connectivity index (χ2v) is 5.70. The zero-order chi connectivity index (χ0) is 15.0. The van der Waals surface area contributed by atoms with Crippen LogP contribution in [0, 0.1) is 0 Å². The van der Waals surface area contributed by atoms with E-state index in [9.17, 15) is 0 Å². The molecule has 1 rings (SSSR count). The first-order valence-corrected chi connectivity index (χ1v) is 7.99. The van der Waals surface area contributed by atoms with Gasteiger partial charge in [0.1, 0.15) is 0 Å². The van der Waals surface area contributed by atoms with E-state index in [1.165, 1.54) is 10.5 Å². The molecule has 0 atom stereocenters. The molecule has 0 saturated heterocycles. The lowest BCUT2D eigenvalue weighted by Crippen LogP contribution is -2.21. The van der Waals surface area contributed by atoms with Crippen molar-refractivity contribution in [3.05, 3.63) is 17.7 Å². The molecule has 1 aromatic rings. The van der Waals surface area contributed by atoms with Crippen molar-refractivity contribution in [1.82, 2.24) is 10.2 Å².